The quantitative estimate of drug-likeness (QED) is 0.295. The summed E-state index contributed by atoms with van der Waals surface area (Å²) in [4.78, 5) is 16.5. The molecule has 0 spiro atoms. The Morgan fingerprint density at radius 1 is 0.974 bits per heavy atom. The normalized spacial score (nSPS) is 13.4. The summed E-state index contributed by atoms with van der Waals surface area (Å²) >= 11 is 3.41. The molecule has 2 N–H and O–H groups in total. The molecule has 0 amide bonds. The molecule has 2 heterocycles. The molecular weight excluding hydrogens is 576 g/mol. The molecule has 13 heteroatoms. The minimum Gasteiger partial charge on any atom is -0.494 e. The number of hydrogen-bond acceptors (Lipinski definition) is 9. The Labute approximate surface area is 232 Å². The third-order valence-corrected chi connectivity index (χ3v) is 6.88. The predicted molar refractivity (Wildman–Crippen MR) is 149 cm³/mol. The number of halogens is 1. The first-order valence-corrected chi connectivity index (χ1v) is 14.7. The fourth-order valence-electron chi connectivity index (χ4n) is 3.61. The average Bonchev–Trinajstić information content (AvgIpc) is 3.40. The van der Waals surface area contributed by atoms with Crippen molar-refractivity contribution < 1.29 is 22.6 Å². The number of aromatic nitrogens is 4. The highest BCUT2D eigenvalue weighted by Gasteiger charge is 2.24. The van der Waals surface area contributed by atoms with Crippen LogP contribution in [0, 0.1) is 0 Å². The van der Waals surface area contributed by atoms with Crippen LogP contribution in [0.2, 0.25) is 0 Å². The van der Waals surface area contributed by atoms with E-state index in [2.05, 4.69) is 59.2 Å². The van der Waals surface area contributed by atoms with Gasteiger partial charge < -0.3 is 14.2 Å². The SMILES string of the molecule is CCC.COc1cnc(OCCOc2ncnc(NS(=O)(=O)NC3CCCC3)c2-c2ccc(Br)cc2)nc1. The highest BCUT2D eigenvalue weighted by atomic mass is 79.9. The molecule has 0 radical (unpaired) electrons. The largest absolute Gasteiger partial charge is 0.494 e. The van der Waals surface area contributed by atoms with Gasteiger partial charge in [0, 0.05) is 10.5 Å². The van der Waals surface area contributed by atoms with E-state index in [4.69, 9.17) is 14.2 Å². The van der Waals surface area contributed by atoms with Gasteiger partial charge in [0.1, 0.15) is 19.5 Å². The van der Waals surface area contributed by atoms with Gasteiger partial charge in [0.25, 0.3) is 0 Å². The van der Waals surface area contributed by atoms with Gasteiger partial charge >= 0.3 is 16.2 Å². The summed E-state index contributed by atoms with van der Waals surface area (Å²) in [7, 11) is -2.32. The van der Waals surface area contributed by atoms with Crippen molar-refractivity contribution >= 4 is 32.0 Å². The van der Waals surface area contributed by atoms with E-state index in [9.17, 15) is 8.42 Å². The summed E-state index contributed by atoms with van der Waals surface area (Å²) < 4.78 is 48.1. The second kappa shape index (κ2) is 14.8. The lowest BCUT2D eigenvalue weighted by Crippen LogP contribution is -2.37. The molecule has 2 aromatic heterocycles. The smallest absolute Gasteiger partial charge is 0.316 e. The van der Waals surface area contributed by atoms with E-state index in [1.165, 1.54) is 32.3 Å². The highest BCUT2D eigenvalue weighted by Crippen LogP contribution is 2.35. The molecule has 1 aliphatic rings. The monoisotopic (exact) mass is 608 g/mol. The van der Waals surface area contributed by atoms with Crippen LogP contribution >= 0.6 is 15.9 Å². The van der Waals surface area contributed by atoms with Crippen molar-refractivity contribution in [3.63, 3.8) is 0 Å². The first-order valence-electron chi connectivity index (χ1n) is 12.4. The molecule has 206 valence electrons. The van der Waals surface area contributed by atoms with E-state index >= 15 is 0 Å². The molecule has 1 aromatic carbocycles. The fourth-order valence-corrected chi connectivity index (χ4v) is 5.02. The summed E-state index contributed by atoms with van der Waals surface area (Å²) in [6.45, 7) is 4.50. The standard InChI is InChI=1S/C22H25BrN6O5S.C3H8/c1-32-18-12-24-22(25-13-18)34-11-10-33-21-19(15-6-8-16(23)9-7-15)20(26-14-27-21)29-35(30,31)28-17-4-2-3-5-17;1-3-2/h6-9,12-14,17,28H,2-5,10-11H2,1H3,(H,26,27,29);3H2,1-2H3. The summed E-state index contributed by atoms with van der Waals surface area (Å²) in [6, 6.07) is 7.41. The number of benzene rings is 1. The summed E-state index contributed by atoms with van der Waals surface area (Å²) in [5.74, 6) is 0.841. The Bertz CT molecular complexity index is 1240. The van der Waals surface area contributed by atoms with Crippen LogP contribution in [0.3, 0.4) is 0 Å². The van der Waals surface area contributed by atoms with Crippen LogP contribution in [0.4, 0.5) is 5.82 Å². The molecule has 11 nitrogen and oxygen atoms in total. The van der Waals surface area contributed by atoms with Crippen LogP contribution in [-0.4, -0.2) is 54.7 Å². The van der Waals surface area contributed by atoms with E-state index in [0.29, 0.717) is 16.9 Å². The maximum atomic E-state index is 12.8. The van der Waals surface area contributed by atoms with Crippen molar-refractivity contribution in [3.8, 4) is 28.8 Å². The molecular formula is C25H33BrN6O5S. The Hall–Kier alpha value is -3.03. The minimum absolute atomic E-state index is 0.0847. The number of methoxy groups -OCH3 is 1. The van der Waals surface area contributed by atoms with Gasteiger partial charge in [0.15, 0.2) is 11.6 Å². The van der Waals surface area contributed by atoms with E-state index < -0.39 is 10.2 Å². The number of hydrogen-bond donors (Lipinski definition) is 2. The third kappa shape index (κ3) is 9.07. The molecule has 0 atom stereocenters. The second-order valence-electron chi connectivity index (χ2n) is 8.42. The van der Waals surface area contributed by atoms with Gasteiger partial charge in [-0.05, 0) is 30.5 Å². The van der Waals surface area contributed by atoms with Gasteiger partial charge in [-0.2, -0.15) is 23.1 Å². The average molecular weight is 610 g/mol. The molecule has 1 aliphatic carbocycles. The molecule has 0 saturated heterocycles. The van der Waals surface area contributed by atoms with Crippen LogP contribution in [0.1, 0.15) is 46.0 Å². The van der Waals surface area contributed by atoms with Gasteiger partial charge in [-0.15, -0.1) is 0 Å². The maximum absolute atomic E-state index is 12.8. The summed E-state index contributed by atoms with van der Waals surface area (Å²) in [5.41, 5.74) is 1.10. The van der Waals surface area contributed by atoms with Crippen molar-refractivity contribution in [2.75, 3.05) is 25.0 Å². The minimum atomic E-state index is -3.85. The van der Waals surface area contributed by atoms with Crippen molar-refractivity contribution in [2.24, 2.45) is 0 Å². The van der Waals surface area contributed by atoms with Gasteiger partial charge in [0.05, 0.1) is 25.1 Å². The van der Waals surface area contributed by atoms with Crippen molar-refractivity contribution in [1.82, 2.24) is 24.7 Å². The Kier molecular flexibility index (Phi) is 11.5. The molecule has 0 unspecified atom stereocenters. The van der Waals surface area contributed by atoms with Gasteiger partial charge in [-0.25, -0.2) is 9.97 Å². The van der Waals surface area contributed by atoms with Crippen LogP contribution in [0.15, 0.2) is 47.5 Å². The third-order valence-electron chi connectivity index (χ3n) is 5.25. The topological polar surface area (TPSA) is 137 Å². The number of ether oxygens (including phenoxy) is 3. The van der Waals surface area contributed by atoms with Crippen molar-refractivity contribution in [1.29, 1.82) is 0 Å². The molecule has 38 heavy (non-hydrogen) atoms. The lowest BCUT2D eigenvalue weighted by atomic mass is 10.1. The lowest BCUT2D eigenvalue weighted by molar-refractivity contribution is 0.201. The highest BCUT2D eigenvalue weighted by molar-refractivity contribution is 9.10. The lowest BCUT2D eigenvalue weighted by Gasteiger charge is -2.17. The Morgan fingerprint density at radius 3 is 2.24 bits per heavy atom. The van der Waals surface area contributed by atoms with E-state index in [1.54, 1.807) is 0 Å². The molecule has 0 aliphatic heterocycles. The van der Waals surface area contributed by atoms with Crippen LogP contribution in [-0.2, 0) is 10.2 Å². The summed E-state index contributed by atoms with van der Waals surface area (Å²) in [5, 5.41) is 0. The second-order valence-corrected chi connectivity index (χ2v) is 10.8. The van der Waals surface area contributed by atoms with E-state index in [0.717, 1.165) is 30.2 Å². The van der Waals surface area contributed by atoms with Gasteiger partial charge in [-0.1, -0.05) is 61.2 Å². The van der Waals surface area contributed by atoms with Crippen LogP contribution in [0.5, 0.6) is 17.6 Å². The zero-order valence-corrected chi connectivity index (χ0v) is 24.1. The van der Waals surface area contributed by atoms with E-state index in [-0.39, 0.29) is 37.0 Å². The van der Waals surface area contributed by atoms with Crippen LogP contribution < -0.4 is 23.7 Å². The first kappa shape index (κ1) is 29.5. The molecule has 1 fully saturated rings. The zero-order chi connectivity index (χ0) is 27.4. The molecule has 4 rings (SSSR count). The number of nitrogens with zero attached hydrogens (tertiary/aromatic N) is 4. The molecule has 3 aromatic rings. The van der Waals surface area contributed by atoms with Gasteiger partial charge in [0.2, 0.25) is 5.88 Å². The molecule has 1 saturated carbocycles. The maximum Gasteiger partial charge on any atom is 0.316 e. The Balaban J connectivity index is 0.00000127. The number of anilines is 1. The first-order chi connectivity index (χ1) is 18.3. The number of nitrogens with one attached hydrogen (secondary N) is 2. The fraction of sp³-hybridized carbons (Fsp3) is 0.440. The molecule has 0 bridgehead atoms. The predicted octanol–water partition coefficient (Wildman–Crippen LogP) is 4.77. The Morgan fingerprint density at radius 2 is 1.61 bits per heavy atom. The van der Waals surface area contributed by atoms with Crippen LogP contribution in [0.25, 0.3) is 11.1 Å². The van der Waals surface area contributed by atoms with Crippen molar-refractivity contribution in [2.45, 2.75) is 52.0 Å². The zero-order valence-electron chi connectivity index (χ0n) is 21.7. The summed E-state index contributed by atoms with van der Waals surface area (Å²) in [6.07, 6.45) is 9.14. The number of rotatable bonds is 11. The van der Waals surface area contributed by atoms with Crippen molar-refractivity contribution in [3.05, 3.63) is 47.5 Å². The van der Waals surface area contributed by atoms with Gasteiger partial charge in [-0.3, -0.25) is 4.72 Å². The van der Waals surface area contributed by atoms with E-state index in [1.807, 2.05) is 24.3 Å².